The molecule has 0 bridgehead atoms. The first-order chi connectivity index (χ1) is 16.9. The van der Waals surface area contributed by atoms with Crippen LogP contribution >= 0.6 is 0 Å². The van der Waals surface area contributed by atoms with Crippen molar-refractivity contribution in [1.29, 1.82) is 0 Å². The van der Waals surface area contributed by atoms with Gasteiger partial charge in [0.15, 0.2) is 0 Å². The van der Waals surface area contributed by atoms with Crippen molar-refractivity contribution in [3.8, 4) is 0 Å². The number of quaternary nitrogens is 1. The summed E-state index contributed by atoms with van der Waals surface area (Å²) in [5, 5.41) is 23.3. The van der Waals surface area contributed by atoms with E-state index < -0.39 is 11.9 Å². The molecular weight excluding hydrogens is 445 g/mol. The Morgan fingerprint density at radius 1 is 0.686 bits per heavy atom. The minimum atomic E-state index is -1.13. The molecule has 4 N–H and O–H groups in total. The van der Waals surface area contributed by atoms with Gasteiger partial charge >= 0.3 is 5.97 Å². The summed E-state index contributed by atoms with van der Waals surface area (Å²) in [7, 11) is 0. The topological polar surface area (TPSA) is 105 Å². The van der Waals surface area contributed by atoms with Crippen LogP contribution in [0.2, 0.25) is 0 Å². The van der Waals surface area contributed by atoms with E-state index in [1.807, 2.05) is 60.7 Å². The standard InChI is InChI=1S/2C11H8O2.C7H8FN/c2*12-11(13)10-6-5-8-3-1-2-4-9(8)7-10;8-7-4-2-1-3-6(7)5-9/h2*1-7H,(H,12,13);1-4H,5,9H2. The molecule has 0 saturated heterocycles. The van der Waals surface area contributed by atoms with Crippen LogP contribution in [0.5, 0.6) is 0 Å². The number of rotatable bonds is 3. The zero-order chi connectivity index (χ0) is 25.2. The normalized spacial score (nSPS) is 10.0. The monoisotopic (exact) mass is 469 g/mol. The largest absolute Gasteiger partial charge is 0.545 e. The van der Waals surface area contributed by atoms with Crippen LogP contribution < -0.4 is 10.8 Å². The van der Waals surface area contributed by atoms with Gasteiger partial charge in [0.25, 0.3) is 0 Å². The summed E-state index contributed by atoms with van der Waals surface area (Å²) >= 11 is 0. The van der Waals surface area contributed by atoms with Gasteiger partial charge in [-0.2, -0.15) is 0 Å². The maximum Gasteiger partial charge on any atom is 0.335 e. The van der Waals surface area contributed by atoms with Gasteiger partial charge in [0, 0.05) is 5.56 Å². The Morgan fingerprint density at radius 3 is 1.60 bits per heavy atom. The number of aromatic carboxylic acids is 2. The molecule has 5 aromatic rings. The van der Waals surface area contributed by atoms with Gasteiger partial charge in [0.1, 0.15) is 12.4 Å². The summed E-state index contributed by atoms with van der Waals surface area (Å²) in [6, 6.07) is 32.0. The Hall–Kier alpha value is -4.55. The van der Waals surface area contributed by atoms with E-state index in [-0.39, 0.29) is 11.4 Å². The summed E-state index contributed by atoms with van der Waals surface area (Å²) in [5.41, 5.74) is 4.81. The van der Waals surface area contributed by atoms with Gasteiger partial charge in [-0.05, 0) is 51.4 Å². The molecule has 6 heteroatoms. The van der Waals surface area contributed by atoms with Gasteiger partial charge in [-0.15, -0.1) is 0 Å². The molecule has 0 saturated carbocycles. The van der Waals surface area contributed by atoms with Crippen molar-refractivity contribution in [2.45, 2.75) is 6.54 Å². The van der Waals surface area contributed by atoms with Crippen LogP contribution in [0.4, 0.5) is 4.39 Å². The molecule has 0 amide bonds. The van der Waals surface area contributed by atoms with Crippen LogP contribution in [0.15, 0.2) is 109 Å². The van der Waals surface area contributed by atoms with E-state index >= 15 is 0 Å². The molecule has 5 aromatic carbocycles. The number of carboxylic acid groups (broad SMARTS) is 2. The van der Waals surface area contributed by atoms with Crippen LogP contribution in [-0.4, -0.2) is 17.0 Å². The number of hydrogen-bond acceptors (Lipinski definition) is 3. The van der Waals surface area contributed by atoms with Gasteiger partial charge in [-0.3, -0.25) is 0 Å². The number of carboxylic acids is 2. The zero-order valence-electron chi connectivity index (χ0n) is 18.9. The van der Waals surface area contributed by atoms with E-state index in [2.05, 4.69) is 5.73 Å². The molecule has 0 unspecified atom stereocenters. The van der Waals surface area contributed by atoms with Gasteiger partial charge in [0.2, 0.25) is 0 Å². The second-order valence-electron chi connectivity index (χ2n) is 7.56. The van der Waals surface area contributed by atoms with E-state index in [0.29, 0.717) is 17.7 Å². The van der Waals surface area contributed by atoms with Crippen molar-refractivity contribution >= 4 is 33.5 Å². The maximum absolute atomic E-state index is 12.5. The average molecular weight is 470 g/mol. The Labute approximate surface area is 201 Å². The van der Waals surface area contributed by atoms with Gasteiger partial charge in [-0.25, -0.2) is 9.18 Å². The second kappa shape index (κ2) is 12.1. The number of hydrogen-bond donors (Lipinski definition) is 2. The highest BCUT2D eigenvalue weighted by atomic mass is 19.1. The third-order valence-corrected chi connectivity index (χ3v) is 5.21. The van der Waals surface area contributed by atoms with E-state index in [1.165, 1.54) is 6.07 Å². The molecule has 0 atom stereocenters. The first kappa shape index (κ1) is 25.1. The van der Waals surface area contributed by atoms with Crippen molar-refractivity contribution < 1.29 is 29.9 Å². The predicted octanol–water partition coefficient (Wildman–Crippen LogP) is 4.31. The fraction of sp³-hybridized carbons (Fsp3) is 0.0345. The Bertz CT molecular complexity index is 1380. The molecule has 0 fully saturated rings. The SMILES string of the molecule is O=C(O)c1ccc2ccccc2c1.O=C([O-])c1ccc2ccccc2c1.[NH3+]Cc1ccccc1F. The Kier molecular flexibility index (Phi) is 8.65. The lowest BCUT2D eigenvalue weighted by Gasteiger charge is -2.03. The molecule has 0 aromatic heterocycles. The minimum Gasteiger partial charge on any atom is -0.545 e. The minimum absolute atomic E-state index is 0.160. The number of fused-ring (bicyclic) bond motifs is 2. The van der Waals surface area contributed by atoms with Crippen LogP contribution in [0.1, 0.15) is 26.3 Å². The van der Waals surface area contributed by atoms with Crippen molar-refractivity contribution in [1.82, 2.24) is 0 Å². The molecule has 0 spiro atoms. The molecule has 5 nitrogen and oxygen atoms in total. The molecule has 35 heavy (non-hydrogen) atoms. The van der Waals surface area contributed by atoms with Gasteiger partial charge in [-0.1, -0.05) is 84.9 Å². The third kappa shape index (κ3) is 6.96. The molecule has 0 aliphatic carbocycles. The van der Waals surface area contributed by atoms with Crippen molar-refractivity contribution in [3.05, 3.63) is 132 Å². The molecule has 0 radical (unpaired) electrons. The molecule has 5 rings (SSSR count). The van der Waals surface area contributed by atoms with Crippen LogP contribution in [0.3, 0.4) is 0 Å². The number of benzene rings is 5. The molecule has 0 aliphatic heterocycles. The van der Waals surface area contributed by atoms with E-state index in [0.717, 1.165) is 21.5 Å². The molecular formula is C29H24FNO4. The van der Waals surface area contributed by atoms with Gasteiger partial charge in [0.05, 0.1) is 11.5 Å². The lowest BCUT2D eigenvalue weighted by molar-refractivity contribution is -0.386. The predicted molar refractivity (Wildman–Crippen MR) is 132 cm³/mol. The van der Waals surface area contributed by atoms with Crippen molar-refractivity contribution in [2.24, 2.45) is 0 Å². The molecule has 0 heterocycles. The molecule has 176 valence electrons. The van der Waals surface area contributed by atoms with Crippen LogP contribution in [-0.2, 0) is 6.54 Å². The van der Waals surface area contributed by atoms with Crippen LogP contribution in [0.25, 0.3) is 21.5 Å². The highest BCUT2D eigenvalue weighted by Crippen LogP contribution is 2.16. The lowest BCUT2D eigenvalue weighted by Crippen LogP contribution is -2.47. The van der Waals surface area contributed by atoms with E-state index in [4.69, 9.17) is 5.11 Å². The summed E-state index contributed by atoms with van der Waals surface area (Å²) in [6.45, 7) is 0.521. The van der Waals surface area contributed by atoms with Crippen LogP contribution in [0, 0.1) is 5.82 Å². The highest BCUT2D eigenvalue weighted by Gasteiger charge is 2.02. The third-order valence-electron chi connectivity index (χ3n) is 5.21. The first-order valence-electron chi connectivity index (χ1n) is 10.8. The summed E-state index contributed by atoms with van der Waals surface area (Å²) in [4.78, 5) is 21.2. The number of halogens is 1. The second-order valence-corrected chi connectivity index (χ2v) is 7.56. The van der Waals surface area contributed by atoms with E-state index in [1.54, 1.807) is 42.5 Å². The lowest BCUT2D eigenvalue weighted by atomic mass is 10.1. The summed E-state index contributed by atoms with van der Waals surface area (Å²) in [6.07, 6.45) is 0. The average Bonchev–Trinajstić information content (AvgIpc) is 2.89. The Balaban J connectivity index is 0.000000150. The van der Waals surface area contributed by atoms with Gasteiger partial charge < -0.3 is 20.7 Å². The summed E-state index contributed by atoms with van der Waals surface area (Å²) < 4.78 is 12.5. The molecule has 0 aliphatic rings. The summed E-state index contributed by atoms with van der Waals surface area (Å²) in [5.74, 6) is -2.18. The van der Waals surface area contributed by atoms with Crippen molar-refractivity contribution in [3.63, 3.8) is 0 Å². The number of carbonyl (C=O) groups excluding carboxylic acids is 1. The fourth-order valence-corrected chi connectivity index (χ4v) is 3.34. The first-order valence-corrected chi connectivity index (χ1v) is 10.8. The smallest absolute Gasteiger partial charge is 0.335 e. The number of carbonyl (C=O) groups is 2. The Morgan fingerprint density at radius 2 is 1.14 bits per heavy atom. The quantitative estimate of drug-likeness (QED) is 0.411. The van der Waals surface area contributed by atoms with Crippen molar-refractivity contribution in [2.75, 3.05) is 0 Å². The van der Waals surface area contributed by atoms with E-state index in [9.17, 15) is 19.1 Å². The highest BCUT2D eigenvalue weighted by molar-refractivity contribution is 5.94. The fourth-order valence-electron chi connectivity index (χ4n) is 3.34. The zero-order valence-corrected chi connectivity index (χ0v) is 18.9. The maximum atomic E-state index is 12.5.